The summed E-state index contributed by atoms with van der Waals surface area (Å²) >= 11 is 2.21. The highest BCUT2D eigenvalue weighted by Crippen LogP contribution is 2.12. The Hall–Kier alpha value is -1.89. The summed E-state index contributed by atoms with van der Waals surface area (Å²) < 4.78 is 6.32. The fraction of sp³-hybridized carbons (Fsp3) is 0.300. The van der Waals surface area contributed by atoms with Crippen LogP contribution < -0.4 is 5.32 Å². The van der Waals surface area contributed by atoms with Crippen LogP contribution in [-0.2, 0) is 20.7 Å². The maximum atomic E-state index is 11.8. The number of rotatable bonds is 9. The molecule has 2 aromatic rings. The normalized spacial score (nSPS) is 10.3. The smallest absolute Gasteiger partial charge is 0.305 e. The van der Waals surface area contributed by atoms with Crippen LogP contribution in [0, 0.1) is 3.57 Å². The lowest BCUT2D eigenvalue weighted by molar-refractivity contribution is -0.143. The van der Waals surface area contributed by atoms with E-state index in [-0.39, 0.29) is 18.3 Å². The van der Waals surface area contributed by atoms with Gasteiger partial charge in [0.1, 0.15) is 0 Å². The largest absolute Gasteiger partial charge is 0.466 e. The van der Waals surface area contributed by atoms with Crippen molar-refractivity contribution in [2.45, 2.75) is 32.1 Å². The van der Waals surface area contributed by atoms with Crippen LogP contribution in [-0.4, -0.2) is 18.5 Å². The lowest BCUT2D eigenvalue weighted by Crippen LogP contribution is -2.13. The Bertz CT molecular complexity index is 671. The third kappa shape index (κ3) is 8.16. The van der Waals surface area contributed by atoms with Gasteiger partial charge in [0.2, 0.25) is 5.91 Å². The molecule has 5 heteroatoms. The summed E-state index contributed by atoms with van der Waals surface area (Å²) in [6.45, 7) is 0.419. The van der Waals surface area contributed by atoms with Crippen LogP contribution in [0.4, 0.5) is 5.69 Å². The van der Waals surface area contributed by atoms with Gasteiger partial charge in [0.05, 0.1) is 6.61 Å². The van der Waals surface area contributed by atoms with Crippen molar-refractivity contribution in [3.05, 3.63) is 63.7 Å². The van der Waals surface area contributed by atoms with Gasteiger partial charge < -0.3 is 10.1 Å². The second-order valence-electron chi connectivity index (χ2n) is 5.72. The highest BCUT2D eigenvalue weighted by Gasteiger charge is 2.07. The minimum atomic E-state index is -0.241. The van der Waals surface area contributed by atoms with Crippen LogP contribution in [0.1, 0.15) is 31.2 Å². The van der Waals surface area contributed by atoms with Gasteiger partial charge in [-0.1, -0.05) is 30.3 Å². The number of hydrogen-bond donors (Lipinski definition) is 1. The molecule has 1 N–H and O–H groups in total. The fourth-order valence-corrected chi connectivity index (χ4v) is 2.69. The van der Waals surface area contributed by atoms with Gasteiger partial charge in [-0.2, -0.15) is 0 Å². The minimum Gasteiger partial charge on any atom is -0.466 e. The SMILES string of the molecule is O=C(CCCC(=O)OCCCc1ccccc1)Nc1ccc(I)cc1. The lowest BCUT2D eigenvalue weighted by Gasteiger charge is -2.06. The Morgan fingerprint density at radius 1 is 0.920 bits per heavy atom. The molecule has 0 bridgehead atoms. The molecule has 1 amide bonds. The molecule has 132 valence electrons. The molecule has 0 aromatic heterocycles. The summed E-state index contributed by atoms with van der Waals surface area (Å²) in [5.41, 5.74) is 2.01. The van der Waals surface area contributed by atoms with Gasteiger partial charge >= 0.3 is 5.97 Å². The highest BCUT2D eigenvalue weighted by atomic mass is 127. The molecule has 4 nitrogen and oxygen atoms in total. The second kappa shape index (κ2) is 10.9. The van der Waals surface area contributed by atoms with Gasteiger partial charge in [0, 0.05) is 22.1 Å². The standard InChI is InChI=1S/C20H22INO3/c21-17-11-13-18(14-12-17)22-19(23)9-4-10-20(24)25-15-5-8-16-6-2-1-3-7-16/h1-3,6-7,11-14H,4-5,8-10,15H2,(H,22,23). The zero-order chi connectivity index (χ0) is 17.9. The van der Waals surface area contributed by atoms with Crippen LogP contribution in [0.5, 0.6) is 0 Å². The minimum absolute atomic E-state index is 0.0851. The zero-order valence-electron chi connectivity index (χ0n) is 14.0. The molecule has 0 saturated carbocycles. The first-order chi connectivity index (χ1) is 12.1. The molecule has 0 atom stereocenters. The van der Waals surface area contributed by atoms with E-state index in [1.807, 2.05) is 42.5 Å². The van der Waals surface area contributed by atoms with Crippen LogP contribution in [0.2, 0.25) is 0 Å². The van der Waals surface area contributed by atoms with E-state index >= 15 is 0 Å². The van der Waals surface area contributed by atoms with Gasteiger partial charge in [0.25, 0.3) is 0 Å². The van der Waals surface area contributed by atoms with E-state index in [4.69, 9.17) is 4.74 Å². The maximum absolute atomic E-state index is 11.8. The first-order valence-corrected chi connectivity index (χ1v) is 9.46. The van der Waals surface area contributed by atoms with Gasteiger partial charge in [-0.15, -0.1) is 0 Å². The summed E-state index contributed by atoms with van der Waals surface area (Å²) in [5, 5.41) is 2.82. The number of carbonyl (C=O) groups is 2. The molecule has 2 rings (SSSR count). The molecular weight excluding hydrogens is 429 g/mol. The third-order valence-electron chi connectivity index (χ3n) is 3.63. The Labute approximate surface area is 162 Å². The topological polar surface area (TPSA) is 55.4 Å². The second-order valence-corrected chi connectivity index (χ2v) is 6.96. The molecule has 0 fully saturated rings. The number of ether oxygens (including phenoxy) is 1. The molecule has 0 saturated heterocycles. The number of amides is 1. The third-order valence-corrected chi connectivity index (χ3v) is 4.35. The molecule has 0 aliphatic carbocycles. The Balaban J connectivity index is 1.54. The van der Waals surface area contributed by atoms with Crippen molar-refractivity contribution in [3.8, 4) is 0 Å². The number of anilines is 1. The first-order valence-electron chi connectivity index (χ1n) is 8.38. The van der Waals surface area contributed by atoms with Crippen molar-refractivity contribution in [2.75, 3.05) is 11.9 Å². The molecule has 0 aliphatic rings. The van der Waals surface area contributed by atoms with Crippen LogP contribution in [0.3, 0.4) is 0 Å². The fourth-order valence-electron chi connectivity index (χ4n) is 2.33. The quantitative estimate of drug-likeness (QED) is 0.345. The molecule has 0 spiro atoms. The summed E-state index contributed by atoms with van der Waals surface area (Å²) in [6, 6.07) is 17.7. The molecule has 25 heavy (non-hydrogen) atoms. The van der Waals surface area contributed by atoms with Crippen molar-refractivity contribution < 1.29 is 14.3 Å². The number of hydrogen-bond acceptors (Lipinski definition) is 3. The van der Waals surface area contributed by atoms with Crippen molar-refractivity contribution in [1.82, 2.24) is 0 Å². The first kappa shape index (κ1) is 19.4. The number of benzene rings is 2. The van der Waals surface area contributed by atoms with Crippen LogP contribution in [0.25, 0.3) is 0 Å². The van der Waals surface area contributed by atoms with Crippen molar-refractivity contribution >= 4 is 40.2 Å². The van der Waals surface area contributed by atoms with Gasteiger partial charge in [0.15, 0.2) is 0 Å². The number of aryl methyl sites for hydroxylation is 1. The average molecular weight is 451 g/mol. The van der Waals surface area contributed by atoms with Crippen molar-refractivity contribution in [3.63, 3.8) is 0 Å². The zero-order valence-corrected chi connectivity index (χ0v) is 16.2. The Morgan fingerprint density at radius 3 is 2.36 bits per heavy atom. The van der Waals surface area contributed by atoms with E-state index in [9.17, 15) is 9.59 Å². The van der Waals surface area contributed by atoms with E-state index in [2.05, 4.69) is 40.0 Å². The summed E-state index contributed by atoms with van der Waals surface area (Å²) in [5.74, 6) is -0.326. The lowest BCUT2D eigenvalue weighted by atomic mass is 10.1. The van der Waals surface area contributed by atoms with E-state index in [1.54, 1.807) is 0 Å². The van der Waals surface area contributed by atoms with Gasteiger partial charge in [-0.25, -0.2) is 0 Å². The molecule has 0 heterocycles. The van der Waals surface area contributed by atoms with Crippen molar-refractivity contribution in [2.24, 2.45) is 0 Å². The number of carbonyl (C=O) groups excluding carboxylic acids is 2. The highest BCUT2D eigenvalue weighted by molar-refractivity contribution is 14.1. The molecule has 0 unspecified atom stereocenters. The monoisotopic (exact) mass is 451 g/mol. The van der Waals surface area contributed by atoms with E-state index in [0.717, 1.165) is 22.1 Å². The predicted octanol–water partition coefficient (Wildman–Crippen LogP) is 4.58. The van der Waals surface area contributed by atoms with E-state index in [1.165, 1.54) is 5.56 Å². The molecule has 0 radical (unpaired) electrons. The van der Waals surface area contributed by atoms with E-state index in [0.29, 0.717) is 19.4 Å². The summed E-state index contributed by atoms with van der Waals surface area (Å²) in [7, 11) is 0. The number of halogens is 1. The Kier molecular flexibility index (Phi) is 8.45. The maximum Gasteiger partial charge on any atom is 0.305 e. The summed E-state index contributed by atoms with van der Waals surface area (Å²) in [6.07, 6.45) is 2.78. The average Bonchev–Trinajstić information content (AvgIpc) is 2.62. The van der Waals surface area contributed by atoms with Crippen LogP contribution >= 0.6 is 22.6 Å². The van der Waals surface area contributed by atoms with Crippen LogP contribution in [0.15, 0.2) is 54.6 Å². The summed E-state index contributed by atoms with van der Waals surface area (Å²) in [4.78, 5) is 23.5. The molecule has 0 aliphatic heterocycles. The van der Waals surface area contributed by atoms with Gasteiger partial charge in [-0.3, -0.25) is 9.59 Å². The number of esters is 1. The molecular formula is C20H22INO3. The number of nitrogens with one attached hydrogen (secondary N) is 1. The Morgan fingerprint density at radius 2 is 1.64 bits per heavy atom. The van der Waals surface area contributed by atoms with Gasteiger partial charge in [-0.05, 0) is 71.7 Å². The van der Waals surface area contributed by atoms with Crippen molar-refractivity contribution in [1.29, 1.82) is 0 Å². The predicted molar refractivity (Wildman–Crippen MR) is 107 cm³/mol. The van der Waals surface area contributed by atoms with E-state index < -0.39 is 0 Å². The molecule has 2 aromatic carbocycles.